The first-order chi connectivity index (χ1) is 13.1. The lowest BCUT2D eigenvalue weighted by Crippen LogP contribution is -2.31. The monoisotopic (exact) mass is 442 g/mol. The van der Waals surface area contributed by atoms with E-state index in [4.69, 9.17) is 23.2 Å². The molecule has 0 saturated carbocycles. The van der Waals surface area contributed by atoms with Crippen molar-refractivity contribution in [1.29, 1.82) is 0 Å². The number of amides is 1. The molecule has 0 N–H and O–H groups in total. The fraction of sp³-hybridized carbons (Fsp3) is 0.350. The standard InChI is InChI=1S/C20H24Cl2N2O3S/c1-5-24(6-2)28(26,27)17-10-7-15(8-11-17)20(25)23(4)14(3)18-12-9-16(21)13-19(18)22/h7-14H,5-6H2,1-4H3. The first kappa shape index (κ1) is 22.7. The van der Waals surface area contributed by atoms with Gasteiger partial charge in [0.1, 0.15) is 0 Å². The summed E-state index contributed by atoms with van der Waals surface area (Å²) in [7, 11) is -1.88. The predicted molar refractivity (Wildman–Crippen MR) is 114 cm³/mol. The molecule has 0 spiro atoms. The van der Waals surface area contributed by atoms with Crippen molar-refractivity contribution in [2.45, 2.75) is 31.7 Å². The van der Waals surface area contributed by atoms with Crippen LogP contribution >= 0.6 is 23.2 Å². The van der Waals surface area contributed by atoms with E-state index in [1.807, 2.05) is 6.92 Å². The second-order valence-corrected chi connectivity index (χ2v) is 9.15. The molecule has 28 heavy (non-hydrogen) atoms. The summed E-state index contributed by atoms with van der Waals surface area (Å²) in [6, 6.07) is 10.9. The van der Waals surface area contributed by atoms with Crippen LogP contribution in [0, 0.1) is 0 Å². The molecule has 0 aromatic heterocycles. The Morgan fingerprint density at radius 2 is 1.61 bits per heavy atom. The second-order valence-electron chi connectivity index (χ2n) is 6.37. The van der Waals surface area contributed by atoms with Gasteiger partial charge in [0.25, 0.3) is 5.91 Å². The number of halogens is 2. The highest BCUT2D eigenvalue weighted by Gasteiger charge is 2.24. The Kier molecular flexibility index (Phi) is 7.51. The lowest BCUT2D eigenvalue weighted by atomic mass is 10.1. The van der Waals surface area contributed by atoms with E-state index in [2.05, 4.69) is 0 Å². The Labute approximate surface area is 176 Å². The molecule has 0 heterocycles. The highest BCUT2D eigenvalue weighted by atomic mass is 35.5. The first-order valence-electron chi connectivity index (χ1n) is 8.95. The molecule has 0 aliphatic rings. The van der Waals surface area contributed by atoms with Crippen LogP contribution in [0.15, 0.2) is 47.4 Å². The van der Waals surface area contributed by atoms with E-state index in [1.54, 1.807) is 44.0 Å². The minimum absolute atomic E-state index is 0.171. The topological polar surface area (TPSA) is 57.7 Å². The zero-order valence-corrected chi connectivity index (χ0v) is 18.6. The van der Waals surface area contributed by atoms with Gasteiger partial charge in [0.05, 0.1) is 10.9 Å². The molecule has 0 aliphatic carbocycles. The average molecular weight is 443 g/mol. The maximum atomic E-state index is 12.8. The molecular weight excluding hydrogens is 419 g/mol. The smallest absolute Gasteiger partial charge is 0.254 e. The van der Waals surface area contributed by atoms with E-state index >= 15 is 0 Å². The summed E-state index contributed by atoms with van der Waals surface area (Å²) in [5, 5.41) is 1.01. The van der Waals surface area contributed by atoms with Crippen LogP contribution in [0.4, 0.5) is 0 Å². The van der Waals surface area contributed by atoms with Gasteiger partial charge in [-0.05, 0) is 48.9 Å². The molecule has 2 aromatic rings. The van der Waals surface area contributed by atoms with Crippen LogP contribution in [0.25, 0.3) is 0 Å². The second kappa shape index (κ2) is 9.27. The lowest BCUT2D eigenvalue weighted by Gasteiger charge is -2.26. The summed E-state index contributed by atoms with van der Waals surface area (Å²) in [5.74, 6) is -0.231. The Hall–Kier alpha value is -1.60. The number of hydrogen-bond acceptors (Lipinski definition) is 3. The summed E-state index contributed by atoms with van der Waals surface area (Å²) in [4.78, 5) is 14.6. The van der Waals surface area contributed by atoms with Crippen molar-refractivity contribution in [1.82, 2.24) is 9.21 Å². The zero-order chi connectivity index (χ0) is 21.1. The van der Waals surface area contributed by atoms with Gasteiger partial charge in [-0.15, -0.1) is 0 Å². The quantitative estimate of drug-likeness (QED) is 0.614. The normalized spacial score (nSPS) is 12.8. The molecule has 152 valence electrons. The molecule has 2 aromatic carbocycles. The van der Waals surface area contributed by atoms with Gasteiger partial charge < -0.3 is 4.90 Å². The van der Waals surface area contributed by atoms with Gasteiger partial charge in [0, 0.05) is 35.7 Å². The van der Waals surface area contributed by atoms with Crippen LogP contribution in [0.1, 0.15) is 42.7 Å². The summed E-state index contributed by atoms with van der Waals surface area (Å²) < 4.78 is 26.5. The van der Waals surface area contributed by atoms with Crippen LogP contribution in [0.5, 0.6) is 0 Å². The van der Waals surface area contributed by atoms with E-state index in [0.717, 1.165) is 5.56 Å². The maximum Gasteiger partial charge on any atom is 0.254 e. The van der Waals surface area contributed by atoms with Crippen LogP contribution in [-0.2, 0) is 10.0 Å². The van der Waals surface area contributed by atoms with Crippen molar-refractivity contribution < 1.29 is 13.2 Å². The third kappa shape index (κ3) is 4.69. The fourth-order valence-electron chi connectivity index (χ4n) is 2.91. The SMILES string of the molecule is CCN(CC)S(=O)(=O)c1ccc(C(=O)N(C)C(C)c2ccc(Cl)cc2Cl)cc1. The molecule has 0 aliphatic heterocycles. The van der Waals surface area contributed by atoms with Gasteiger partial charge in [-0.3, -0.25) is 4.79 Å². The Morgan fingerprint density at radius 3 is 2.11 bits per heavy atom. The van der Waals surface area contributed by atoms with Crippen molar-refractivity contribution >= 4 is 39.1 Å². The fourth-order valence-corrected chi connectivity index (χ4v) is 4.93. The van der Waals surface area contributed by atoms with E-state index in [0.29, 0.717) is 28.7 Å². The molecule has 0 saturated heterocycles. The average Bonchev–Trinajstić information content (AvgIpc) is 2.67. The summed E-state index contributed by atoms with van der Waals surface area (Å²) in [6.45, 7) is 6.23. The van der Waals surface area contributed by atoms with Crippen LogP contribution < -0.4 is 0 Å². The molecule has 8 heteroatoms. The molecule has 0 radical (unpaired) electrons. The predicted octanol–water partition coefficient (Wildman–Crippen LogP) is 4.86. The molecule has 2 rings (SSSR count). The van der Waals surface area contributed by atoms with Crippen molar-refractivity contribution in [2.75, 3.05) is 20.1 Å². The number of hydrogen-bond donors (Lipinski definition) is 0. The molecule has 0 bridgehead atoms. The lowest BCUT2D eigenvalue weighted by molar-refractivity contribution is 0.0742. The molecule has 0 fully saturated rings. The maximum absolute atomic E-state index is 12.8. The van der Waals surface area contributed by atoms with Gasteiger partial charge in [-0.2, -0.15) is 4.31 Å². The molecule has 1 unspecified atom stereocenters. The largest absolute Gasteiger partial charge is 0.335 e. The van der Waals surface area contributed by atoms with Crippen molar-refractivity contribution in [2.24, 2.45) is 0 Å². The molecule has 1 atom stereocenters. The van der Waals surface area contributed by atoms with Gasteiger partial charge in [-0.25, -0.2) is 8.42 Å². The van der Waals surface area contributed by atoms with Crippen molar-refractivity contribution in [3.8, 4) is 0 Å². The summed E-state index contributed by atoms with van der Waals surface area (Å²) in [5.41, 5.74) is 1.18. The number of nitrogens with zero attached hydrogens (tertiary/aromatic N) is 2. The van der Waals surface area contributed by atoms with Gasteiger partial charge in [0.15, 0.2) is 0 Å². The highest BCUT2D eigenvalue weighted by molar-refractivity contribution is 7.89. The number of carbonyl (C=O) groups excluding carboxylic acids is 1. The van der Waals surface area contributed by atoms with Crippen molar-refractivity contribution in [3.63, 3.8) is 0 Å². The van der Waals surface area contributed by atoms with E-state index in [1.165, 1.54) is 28.6 Å². The third-order valence-corrected chi connectivity index (χ3v) is 7.38. The van der Waals surface area contributed by atoms with E-state index in [-0.39, 0.29) is 16.8 Å². The summed E-state index contributed by atoms with van der Waals surface area (Å²) in [6.07, 6.45) is 0. The zero-order valence-electron chi connectivity index (χ0n) is 16.3. The Bertz CT molecular complexity index is 942. The van der Waals surface area contributed by atoms with E-state index < -0.39 is 10.0 Å². The van der Waals surface area contributed by atoms with Gasteiger partial charge in [0.2, 0.25) is 10.0 Å². The van der Waals surface area contributed by atoms with Crippen LogP contribution in [0.2, 0.25) is 10.0 Å². The number of sulfonamides is 1. The van der Waals surface area contributed by atoms with E-state index in [9.17, 15) is 13.2 Å². The van der Waals surface area contributed by atoms with Crippen LogP contribution in [-0.4, -0.2) is 43.7 Å². The number of benzene rings is 2. The minimum Gasteiger partial charge on any atom is -0.335 e. The summed E-state index contributed by atoms with van der Waals surface area (Å²) >= 11 is 12.2. The number of rotatable bonds is 7. The minimum atomic E-state index is -3.55. The third-order valence-electron chi connectivity index (χ3n) is 4.76. The Morgan fingerprint density at radius 1 is 1.04 bits per heavy atom. The van der Waals surface area contributed by atoms with Crippen molar-refractivity contribution in [3.05, 3.63) is 63.6 Å². The molecule has 1 amide bonds. The van der Waals surface area contributed by atoms with Gasteiger partial charge >= 0.3 is 0 Å². The van der Waals surface area contributed by atoms with Crippen LogP contribution in [0.3, 0.4) is 0 Å². The highest BCUT2D eigenvalue weighted by Crippen LogP contribution is 2.30. The van der Waals surface area contributed by atoms with Gasteiger partial charge in [-0.1, -0.05) is 43.1 Å². The number of carbonyl (C=O) groups is 1. The first-order valence-corrected chi connectivity index (χ1v) is 11.1. The Balaban J connectivity index is 2.24. The molecular formula is C20H24Cl2N2O3S. The molecule has 5 nitrogen and oxygen atoms in total.